The number of benzene rings is 4. The van der Waals surface area contributed by atoms with Gasteiger partial charge in [0.2, 0.25) is 0 Å². The first-order valence-electron chi connectivity index (χ1n) is 16.1. The van der Waals surface area contributed by atoms with Crippen molar-refractivity contribution in [2.24, 2.45) is 0 Å². The Morgan fingerprint density at radius 1 is 0.380 bits per heavy atom. The zero-order valence-electron chi connectivity index (χ0n) is 29.3. The van der Waals surface area contributed by atoms with Crippen molar-refractivity contribution in [1.29, 1.82) is 0 Å². The van der Waals surface area contributed by atoms with Crippen LogP contribution >= 0.6 is 0 Å². The number of carbonyl (C=O) groups is 4. The molecular weight excluding hydrogens is 640 g/mol. The van der Waals surface area contributed by atoms with Gasteiger partial charge in [-0.3, -0.25) is 0 Å². The Bertz CT molecular complexity index is 1690. The summed E-state index contributed by atoms with van der Waals surface area (Å²) in [4.78, 5) is 51.4. The topological polar surface area (TPSA) is 124 Å². The zero-order chi connectivity index (χ0) is 36.2. The third-order valence-corrected chi connectivity index (χ3v) is 8.65. The van der Waals surface area contributed by atoms with Gasteiger partial charge in [0.1, 0.15) is 11.5 Å². The lowest BCUT2D eigenvalue weighted by molar-refractivity contribution is 0.0555. The van der Waals surface area contributed by atoms with E-state index in [1.165, 1.54) is 28.4 Å². The van der Waals surface area contributed by atoms with Crippen molar-refractivity contribution < 1.29 is 47.6 Å². The lowest BCUT2D eigenvalue weighted by Crippen LogP contribution is -2.16. The minimum Gasteiger partial charge on any atom is -0.497 e. The molecule has 0 amide bonds. The third kappa shape index (κ3) is 9.07. The highest BCUT2D eigenvalue weighted by Crippen LogP contribution is 2.27. The summed E-state index contributed by atoms with van der Waals surface area (Å²) in [6.45, 7) is 0. The predicted octanol–water partition coefficient (Wildman–Crippen LogP) is 6.21. The molecule has 262 valence electrons. The van der Waals surface area contributed by atoms with Crippen LogP contribution < -0.4 is 9.47 Å². The van der Waals surface area contributed by atoms with Crippen LogP contribution in [0.4, 0.5) is 0 Å². The molecule has 0 aliphatic carbocycles. The van der Waals surface area contributed by atoms with Crippen LogP contribution in [0.3, 0.4) is 0 Å². The lowest BCUT2D eigenvalue weighted by atomic mass is 9.88. The smallest absolute Gasteiger partial charge is 0.338 e. The van der Waals surface area contributed by atoms with Gasteiger partial charge in [0.15, 0.2) is 0 Å². The van der Waals surface area contributed by atoms with Gasteiger partial charge >= 0.3 is 23.9 Å². The summed E-state index contributed by atoms with van der Waals surface area (Å²) in [6.07, 6.45) is 3.32. The van der Waals surface area contributed by atoms with Gasteiger partial charge in [-0.25, -0.2) is 19.2 Å². The lowest BCUT2D eigenvalue weighted by Gasteiger charge is -2.18. The largest absolute Gasteiger partial charge is 0.497 e. The van der Waals surface area contributed by atoms with Crippen LogP contribution in [0, 0.1) is 0 Å². The van der Waals surface area contributed by atoms with Gasteiger partial charge in [-0.2, -0.15) is 0 Å². The van der Waals surface area contributed by atoms with E-state index in [1.54, 1.807) is 38.5 Å². The Morgan fingerprint density at radius 2 is 0.620 bits per heavy atom. The molecule has 0 aliphatic heterocycles. The first-order chi connectivity index (χ1) is 24.1. The van der Waals surface area contributed by atoms with Gasteiger partial charge in [-0.05, 0) is 120 Å². The highest BCUT2D eigenvalue weighted by atomic mass is 16.5. The summed E-state index contributed by atoms with van der Waals surface area (Å²) in [6, 6.07) is 22.2. The maximum Gasteiger partial charge on any atom is 0.338 e. The molecule has 0 spiro atoms. The molecular formula is C40H42O10. The molecule has 10 nitrogen and oxygen atoms in total. The fourth-order valence-electron chi connectivity index (χ4n) is 5.84. The van der Waals surface area contributed by atoms with Crippen molar-refractivity contribution in [2.45, 2.75) is 38.5 Å². The number of esters is 4. The summed E-state index contributed by atoms with van der Waals surface area (Å²) in [5, 5.41) is 0. The molecule has 0 heterocycles. The maximum absolute atomic E-state index is 12.9. The molecule has 0 unspecified atom stereocenters. The van der Waals surface area contributed by atoms with Crippen LogP contribution in [0.5, 0.6) is 11.5 Å². The molecule has 0 aromatic heterocycles. The first kappa shape index (κ1) is 37.2. The van der Waals surface area contributed by atoms with E-state index in [0.717, 1.165) is 44.9 Å². The van der Waals surface area contributed by atoms with E-state index in [2.05, 4.69) is 0 Å². The Hall–Kier alpha value is -5.64. The number of hydrogen-bond acceptors (Lipinski definition) is 10. The third-order valence-electron chi connectivity index (χ3n) is 8.65. The molecule has 0 aliphatic rings. The molecule has 0 saturated carbocycles. The quantitative estimate of drug-likeness (QED) is 0.106. The molecule has 0 saturated heterocycles. The van der Waals surface area contributed by atoms with Crippen molar-refractivity contribution in [3.8, 4) is 11.5 Å². The minimum absolute atomic E-state index is 0.0959. The number of aryl methyl sites for hydroxylation is 6. The Balaban J connectivity index is 1.77. The SMILES string of the molecule is COC(=O)c1cc(CCc2ccc(OC)cc2)c(CCc2cc(C(=O)OC)c(C(=O)OC)cc2CCc2ccc(OC)cc2)cc1C(=O)OC. The Kier molecular flexibility index (Phi) is 13.1. The number of ether oxygens (including phenoxy) is 6. The highest BCUT2D eigenvalue weighted by molar-refractivity contribution is 6.04. The van der Waals surface area contributed by atoms with Crippen LogP contribution in [0.25, 0.3) is 0 Å². The molecule has 4 aromatic carbocycles. The Morgan fingerprint density at radius 3 is 0.840 bits per heavy atom. The highest BCUT2D eigenvalue weighted by Gasteiger charge is 2.24. The van der Waals surface area contributed by atoms with Gasteiger partial charge in [0.05, 0.1) is 64.9 Å². The Labute approximate surface area is 292 Å². The summed E-state index contributed by atoms with van der Waals surface area (Å²) < 4.78 is 30.7. The second-order valence-corrected chi connectivity index (χ2v) is 11.5. The van der Waals surface area contributed by atoms with E-state index in [0.29, 0.717) is 38.5 Å². The molecule has 10 heteroatoms. The van der Waals surface area contributed by atoms with E-state index >= 15 is 0 Å². The second kappa shape index (κ2) is 17.7. The zero-order valence-corrected chi connectivity index (χ0v) is 29.3. The number of methoxy groups -OCH3 is 6. The van der Waals surface area contributed by atoms with Gasteiger partial charge in [0.25, 0.3) is 0 Å². The van der Waals surface area contributed by atoms with Crippen molar-refractivity contribution in [1.82, 2.24) is 0 Å². The van der Waals surface area contributed by atoms with E-state index in [4.69, 9.17) is 28.4 Å². The number of rotatable bonds is 15. The summed E-state index contributed by atoms with van der Waals surface area (Å²) in [5.74, 6) is -1.13. The monoisotopic (exact) mass is 682 g/mol. The average Bonchev–Trinajstić information content (AvgIpc) is 3.17. The van der Waals surface area contributed by atoms with Crippen molar-refractivity contribution in [3.05, 3.63) is 128 Å². The first-order valence-corrected chi connectivity index (χ1v) is 16.1. The van der Waals surface area contributed by atoms with E-state index in [-0.39, 0.29) is 22.3 Å². The van der Waals surface area contributed by atoms with Crippen LogP contribution in [0.2, 0.25) is 0 Å². The van der Waals surface area contributed by atoms with Crippen LogP contribution in [-0.4, -0.2) is 66.5 Å². The minimum atomic E-state index is -0.663. The van der Waals surface area contributed by atoms with Gasteiger partial charge in [0, 0.05) is 0 Å². The van der Waals surface area contributed by atoms with Gasteiger partial charge in [-0.1, -0.05) is 24.3 Å². The van der Waals surface area contributed by atoms with Gasteiger partial charge < -0.3 is 28.4 Å². The van der Waals surface area contributed by atoms with Crippen LogP contribution in [-0.2, 0) is 57.5 Å². The van der Waals surface area contributed by atoms with E-state index < -0.39 is 23.9 Å². The van der Waals surface area contributed by atoms with Crippen molar-refractivity contribution in [2.75, 3.05) is 42.7 Å². The maximum atomic E-state index is 12.9. The molecule has 0 atom stereocenters. The predicted molar refractivity (Wildman–Crippen MR) is 186 cm³/mol. The van der Waals surface area contributed by atoms with Crippen LogP contribution in [0.1, 0.15) is 74.8 Å². The standard InChI is InChI=1S/C40H42O10/c1-45-31-17-9-25(10-18-31)7-13-27-21-33(37(41)47-3)35(39(43)49-5)23-29(27)15-16-30-24-36(40(44)50-6)34(38(42)48-4)22-28(30)14-8-26-11-19-32(46-2)20-12-26/h9-12,17-24H,7-8,13-16H2,1-6H3. The normalized spacial score (nSPS) is 10.6. The van der Waals surface area contributed by atoms with E-state index in [1.807, 2.05) is 48.5 Å². The average molecular weight is 683 g/mol. The summed E-state index contributed by atoms with van der Waals surface area (Å²) in [7, 11) is 8.26. The molecule has 0 radical (unpaired) electrons. The number of hydrogen-bond donors (Lipinski definition) is 0. The van der Waals surface area contributed by atoms with Crippen molar-refractivity contribution in [3.63, 3.8) is 0 Å². The van der Waals surface area contributed by atoms with Gasteiger partial charge in [-0.15, -0.1) is 0 Å². The molecule has 0 fully saturated rings. The summed E-state index contributed by atoms with van der Waals surface area (Å²) >= 11 is 0. The molecule has 4 aromatic rings. The molecule has 4 rings (SSSR count). The summed E-state index contributed by atoms with van der Waals surface area (Å²) in [5.41, 5.74) is 5.91. The van der Waals surface area contributed by atoms with Crippen molar-refractivity contribution >= 4 is 23.9 Å². The molecule has 50 heavy (non-hydrogen) atoms. The number of carbonyl (C=O) groups excluding carboxylic acids is 4. The fourth-order valence-corrected chi connectivity index (χ4v) is 5.84. The van der Waals surface area contributed by atoms with Crippen LogP contribution in [0.15, 0.2) is 72.8 Å². The fraction of sp³-hybridized carbons (Fsp3) is 0.300. The second-order valence-electron chi connectivity index (χ2n) is 11.5. The molecule has 0 bridgehead atoms. The van der Waals surface area contributed by atoms with E-state index in [9.17, 15) is 19.2 Å². The molecule has 0 N–H and O–H groups in total.